The van der Waals surface area contributed by atoms with Crippen LogP contribution in [0.25, 0.3) is 0 Å². The highest BCUT2D eigenvalue weighted by atomic mass is 79.9. The molecule has 0 unspecified atom stereocenters. The van der Waals surface area contributed by atoms with Gasteiger partial charge in [0.1, 0.15) is 0 Å². The summed E-state index contributed by atoms with van der Waals surface area (Å²) in [5.41, 5.74) is 7.33. The maximum absolute atomic E-state index is 12.6. The van der Waals surface area contributed by atoms with Crippen molar-refractivity contribution in [3.8, 4) is 0 Å². The quantitative estimate of drug-likeness (QED) is 0.859. The van der Waals surface area contributed by atoms with Gasteiger partial charge in [0, 0.05) is 24.1 Å². The van der Waals surface area contributed by atoms with Crippen LogP contribution in [-0.4, -0.2) is 25.8 Å². The van der Waals surface area contributed by atoms with Crippen molar-refractivity contribution in [2.45, 2.75) is 38.6 Å². The van der Waals surface area contributed by atoms with Crippen molar-refractivity contribution < 1.29 is 8.42 Å². The minimum absolute atomic E-state index is 0.309. The molecule has 0 aliphatic carbocycles. The van der Waals surface area contributed by atoms with Crippen LogP contribution in [0.2, 0.25) is 0 Å². The van der Waals surface area contributed by atoms with Crippen LogP contribution in [0, 0.1) is 6.92 Å². The normalized spacial score (nSPS) is 12.1. The van der Waals surface area contributed by atoms with Gasteiger partial charge in [-0.15, -0.1) is 0 Å². The summed E-state index contributed by atoms with van der Waals surface area (Å²) >= 11 is 3.38. The molecule has 0 fully saturated rings. The maximum atomic E-state index is 12.6. The second kappa shape index (κ2) is 6.83. The molecule has 0 radical (unpaired) electrons. The monoisotopic (exact) mass is 348 g/mol. The van der Waals surface area contributed by atoms with Crippen molar-refractivity contribution in [1.82, 2.24) is 4.31 Å². The minimum Gasteiger partial charge on any atom is -0.326 e. The molecule has 108 valence electrons. The van der Waals surface area contributed by atoms with E-state index in [0.29, 0.717) is 29.0 Å². The van der Waals surface area contributed by atoms with Gasteiger partial charge >= 0.3 is 0 Å². The summed E-state index contributed by atoms with van der Waals surface area (Å²) < 4.78 is 27.4. The SMILES string of the molecule is CCCN(CC)S(=O)(=O)c1cc(CN)cc(C)c1Br. The third kappa shape index (κ3) is 3.56. The highest BCUT2D eigenvalue weighted by molar-refractivity contribution is 9.10. The molecular formula is C13H21BrN2O2S. The fourth-order valence-electron chi connectivity index (χ4n) is 1.95. The zero-order valence-electron chi connectivity index (χ0n) is 11.6. The Hall–Kier alpha value is -0.430. The molecule has 0 aliphatic rings. The van der Waals surface area contributed by atoms with Gasteiger partial charge < -0.3 is 5.73 Å². The molecule has 0 aromatic heterocycles. The molecule has 0 saturated carbocycles. The Labute approximate surface area is 124 Å². The number of sulfonamides is 1. The van der Waals surface area contributed by atoms with Gasteiger partial charge in [0.25, 0.3) is 0 Å². The van der Waals surface area contributed by atoms with Gasteiger partial charge in [-0.2, -0.15) is 4.31 Å². The molecule has 6 heteroatoms. The molecule has 0 amide bonds. The van der Waals surface area contributed by atoms with Crippen molar-refractivity contribution in [1.29, 1.82) is 0 Å². The molecule has 0 bridgehead atoms. The number of hydrogen-bond acceptors (Lipinski definition) is 3. The van der Waals surface area contributed by atoms with Gasteiger partial charge in [-0.1, -0.05) is 19.9 Å². The van der Waals surface area contributed by atoms with E-state index in [1.807, 2.05) is 26.8 Å². The van der Waals surface area contributed by atoms with Gasteiger partial charge in [-0.25, -0.2) is 8.42 Å². The molecule has 0 aliphatic heterocycles. The fourth-order valence-corrected chi connectivity index (χ4v) is 4.52. The molecule has 4 nitrogen and oxygen atoms in total. The Balaban J connectivity index is 3.38. The van der Waals surface area contributed by atoms with Crippen LogP contribution in [-0.2, 0) is 16.6 Å². The number of hydrogen-bond donors (Lipinski definition) is 1. The molecular weight excluding hydrogens is 328 g/mol. The van der Waals surface area contributed by atoms with E-state index in [-0.39, 0.29) is 0 Å². The average molecular weight is 349 g/mol. The Morgan fingerprint density at radius 1 is 1.32 bits per heavy atom. The van der Waals surface area contributed by atoms with Crippen LogP contribution in [0.3, 0.4) is 0 Å². The molecule has 1 rings (SSSR count). The van der Waals surface area contributed by atoms with Crippen molar-refractivity contribution in [2.24, 2.45) is 5.73 Å². The summed E-state index contributed by atoms with van der Waals surface area (Å²) in [5, 5.41) is 0. The first-order valence-electron chi connectivity index (χ1n) is 6.37. The van der Waals surface area contributed by atoms with E-state index >= 15 is 0 Å². The van der Waals surface area contributed by atoms with Crippen molar-refractivity contribution in [3.05, 3.63) is 27.7 Å². The van der Waals surface area contributed by atoms with Crippen LogP contribution < -0.4 is 5.73 Å². The van der Waals surface area contributed by atoms with Gasteiger partial charge in [0.2, 0.25) is 10.0 Å². The van der Waals surface area contributed by atoms with Gasteiger partial charge in [-0.05, 0) is 46.5 Å². The van der Waals surface area contributed by atoms with Crippen molar-refractivity contribution in [3.63, 3.8) is 0 Å². The summed E-state index contributed by atoms with van der Waals surface area (Å²) in [6.45, 7) is 7.01. The average Bonchev–Trinajstić information content (AvgIpc) is 2.38. The number of rotatable bonds is 6. The first kappa shape index (κ1) is 16.6. The number of aryl methyl sites for hydroxylation is 1. The predicted octanol–water partition coefficient (Wildman–Crippen LogP) is 2.64. The summed E-state index contributed by atoms with van der Waals surface area (Å²) in [5.74, 6) is 0. The Kier molecular flexibility index (Phi) is 5.98. The largest absolute Gasteiger partial charge is 0.326 e. The van der Waals surface area contributed by atoms with Gasteiger partial charge in [0.05, 0.1) is 4.90 Å². The topological polar surface area (TPSA) is 63.4 Å². The first-order chi connectivity index (χ1) is 8.88. The van der Waals surface area contributed by atoms with Crippen LogP contribution in [0.1, 0.15) is 31.4 Å². The molecule has 0 heterocycles. The van der Waals surface area contributed by atoms with Gasteiger partial charge in [-0.3, -0.25) is 0 Å². The van der Waals surface area contributed by atoms with Crippen molar-refractivity contribution in [2.75, 3.05) is 13.1 Å². The fraction of sp³-hybridized carbons (Fsp3) is 0.538. The summed E-state index contributed by atoms with van der Waals surface area (Å²) in [4.78, 5) is 0.309. The highest BCUT2D eigenvalue weighted by Gasteiger charge is 2.25. The lowest BCUT2D eigenvalue weighted by Gasteiger charge is -2.21. The van der Waals surface area contributed by atoms with E-state index in [2.05, 4.69) is 15.9 Å². The van der Waals surface area contributed by atoms with Crippen LogP contribution in [0.4, 0.5) is 0 Å². The molecule has 0 saturated heterocycles. The molecule has 0 atom stereocenters. The second-order valence-electron chi connectivity index (χ2n) is 4.43. The van der Waals surface area contributed by atoms with Crippen molar-refractivity contribution >= 4 is 26.0 Å². The second-order valence-corrected chi connectivity index (χ2v) is 7.13. The summed E-state index contributed by atoms with van der Waals surface area (Å²) in [7, 11) is -3.47. The lowest BCUT2D eigenvalue weighted by molar-refractivity contribution is 0.426. The number of halogens is 1. The molecule has 1 aromatic rings. The first-order valence-corrected chi connectivity index (χ1v) is 8.61. The molecule has 1 aromatic carbocycles. The summed E-state index contributed by atoms with van der Waals surface area (Å²) in [6, 6.07) is 3.56. The van der Waals surface area contributed by atoms with Gasteiger partial charge in [0.15, 0.2) is 0 Å². The maximum Gasteiger partial charge on any atom is 0.244 e. The number of nitrogens with two attached hydrogens (primary N) is 1. The van der Waals surface area contributed by atoms with Crippen LogP contribution >= 0.6 is 15.9 Å². The Bertz CT molecular complexity index is 544. The zero-order valence-corrected chi connectivity index (χ0v) is 14.0. The minimum atomic E-state index is -3.47. The van der Waals surface area contributed by atoms with E-state index < -0.39 is 10.0 Å². The lowest BCUT2D eigenvalue weighted by Crippen LogP contribution is -2.32. The number of nitrogens with zero attached hydrogens (tertiary/aromatic N) is 1. The van der Waals surface area contributed by atoms with Crippen LogP contribution in [0.5, 0.6) is 0 Å². The number of benzene rings is 1. The molecule has 0 spiro atoms. The smallest absolute Gasteiger partial charge is 0.244 e. The van der Waals surface area contributed by atoms with Crippen LogP contribution in [0.15, 0.2) is 21.5 Å². The Morgan fingerprint density at radius 3 is 2.42 bits per heavy atom. The van der Waals surface area contributed by atoms with E-state index in [0.717, 1.165) is 17.5 Å². The third-order valence-electron chi connectivity index (χ3n) is 2.96. The Morgan fingerprint density at radius 2 is 1.95 bits per heavy atom. The van der Waals surface area contributed by atoms with E-state index in [9.17, 15) is 8.42 Å². The van der Waals surface area contributed by atoms with E-state index in [4.69, 9.17) is 5.73 Å². The molecule has 2 N–H and O–H groups in total. The van der Waals surface area contributed by atoms with E-state index in [1.54, 1.807) is 6.07 Å². The lowest BCUT2D eigenvalue weighted by atomic mass is 10.1. The molecule has 19 heavy (non-hydrogen) atoms. The highest BCUT2D eigenvalue weighted by Crippen LogP contribution is 2.29. The standard InChI is InChI=1S/C13H21BrN2O2S/c1-4-6-16(5-2)19(17,18)12-8-11(9-15)7-10(3)13(12)14/h7-8H,4-6,9,15H2,1-3H3. The predicted molar refractivity (Wildman–Crippen MR) is 81.5 cm³/mol. The zero-order chi connectivity index (χ0) is 14.6. The third-order valence-corrected chi connectivity index (χ3v) is 6.27. The van der Waals surface area contributed by atoms with E-state index in [1.165, 1.54) is 4.31 Å². The summed E-state index contributed by atoms with van der Waals surface area (Å²) in [6.07, 6.45) is 0.792.